The first-order valence-electron chi connectivity index (χ1n) is 13.2. The van der Waals surface area contributed by atoms with Gasteiger partial charge in [-0.1, -0.05) is 31.5 Å². The topological polar surface area (TPSA) is 69.3 Å². The van der Waals surface area contributed by atoms with Crippen molar-refractivity contribution in [3.63, 3.8) is 0 Å². The first-order valence-corrected chi connectivity index (χ1v) is 14.0. The number of nitrogens with one attached hydrogen (secondary N) is 1. The van der Waals surface area contributed by atoms with Gasteiger partial charge in [0.1, 0.15) is 0 Å². The van der Waals surface area contributed by atoms with E-state index in [1.807, 2.05) is 24.3 Å². The largest absolute Gasteiger partial charge is 0.512 e. The highest BCUT2D eigenvalue weighted by Gasteiger charge is 2.34. The maximum absolute atomic E-state index is 10.7. The first-order chi connectivity index (χ1) is 18.5. The Morgan fingerprint density at radius 3 is 2.38 bits per heavy atom. The van der Waals surface area contributed by atoms with Gasteiger partial charge in [0.05, 0.1) is 40.0 Å². The quantitative estimate of drug-likeness (QED) is 0.332. The van der Waals surface area contributed by atoms with Crippen LogP contribution < -0.4 is 5.32 Å². The molecule has 2 N–H and O–H groups in total. The van der Waals surface area contributed by atoms with Crippen molar-refractivity contribution >= 4 is 38.6 Å². The number of hydrogen-bond acceptors (Lipinski definition) is 5. The van der Waals surface area contributed by atoms with Gasteiger partial charge in [0.25, 0.3) is 0 Å². The van der Waals surface area contributed by atoms with Crippen LogP contribution in [0.2, 0.25) is 0 Å². The molecule has 0 spiro atoms. The molecular weight excluding hydrogens is 548 g/mol. The molecule has 5 aliphatic rings. The number of aryl methyl sites for hydroxylation is 3. The Morgan fingerprint density at radius 2 is 1.67 bits per heavy atom. The van der Waals surface area contributed by atoms with Gasteiger partial charge in [-0.3, -0.25) is 0 Å². The van der Waals surface area contributed by atoms with Gasteiger partial charge in [-0.05, 0) is 109 Å². The van der Waals surface area contributed by atoms with Crippen LogP contribution in [-0.4, -0.2) is 22.2 Å². The van der Waals surface area contributed by atoms with Gasteiger partial charge < -0.3 is 10.4 Å². The molecule has 8 bridgehead atoms. The van der Waals surface area contributed by atoms with E-state index in [-0.39, 0.29) is 11.2 Å². The second-order valence-electron chi connectivity index (χ2n) is 11.4. The fourth-order valence-electron chi connectivity index (χ4n) is 5.85. The minimum absolute atomic E-state index is 0.0889. The number of halogens is 1. The molecule has 5 heterocycles. The lowest BCUT2D eigenvalue weighted by Crippen LogP contribution is -2.14. The molecule has 1 saturated heterocycles. The Labute approximate surface area is 238 Å². The smallest absolute Gasteiger partial charge is 0.0986 e. The third kappa shape index (κ3) is 4.57. The molecule has 0 unspecified atom stereocenters. The summed E-state index contributed by atoms with van der Waals surface area (Å²) in [4.78, 5) is 15.1. The Kier molecular flexibility index (Phi) is 5.99. The summed E-state index contributed by atoms with van der Waals surface area (Å²) in [5.41, 5.74) is 13.3. The number of nitrogens with zero attached hydrogens (tertiary/aromatic N) is 3. The van der Waals surface area contributed by atoms with Crippen molar-refractivity contribution in [1.29, 1.82) is 0 Å². The van der Waals surface area contributed by atoms with Gasteiger partial charge in [-0.15, -0.1) is 0 Å². The summed E-state index contributed by atoms with van der Waals surface area (Å²) >= 11 is 3.75. The van der Waals surface area contributed by atoms with Crippen LogP contribution in [0.1, 0.15) is 49.4 Å². The molecule has 0 amide bonds. The molecule has 5 nitrogen and oxygen atoms in total. The molecule has 39 heavy (non-hydrogen) atoms. The van der Waals surface area contributed by atoms with Crippen LogP contribution in [0.15, 0.2) is 114 Å². The van der Waals surface area contributed by atoms with Crippen molar-refractivity contribution in [2.75, 3.05) is 0 Å². The maximum atomic E-state index is 10.7. The lowest BCUT2D eigenvalue weighted by Gasteiger charge is -2.17. The highest BCUT2D eigenvalue weighted by atomic mass is 79.9. The van der Waals surface area contributed by atoms with Crippen LogP contribution in [-0.2, 0) is 0 Å². The molecule has 0 radical (unpaired) electrons. The molecule has 1 aromatic rings. The van der Waals surface area contributed by atoms with Crippen LogP contribution in [0, 0.1) is 26.2 Å². The zero-order chi connectivity index (χ0) is 27.6. The lowest BCUT2D eigenvalue weighted by atomic mass is 9.87. The fourth-order valence-corrected chi connectivity index (χ4v) is 6.27. The van der Waals surface area contributed by atoms with Gasteiger partial charge in [0.15, 0.2) is 0 Å². The molecule has 6 heteroatoms. The van der Waals surface area contributed by atoms with Crippen molar-refractivity contribution in [2.45, 2.75) is 48.0 Å². The number of benzene rings is 1. The van der Waals surface area contributed by atoms with Crippen LogP contribution in [0.5, 0.6) is 0 Å². The molecule has 0 atom stereocenters. The number of rotatable bonds is 1. The molecule has 0 aliphatic carbocycles. The Bertz CT molecular complexity index is 1680. The van der Waals surface area contributed by atoms with E-state index in [1.54, 1.807) is 6.92 Å². The van der Waals surface area contributed by atoms with E-state index in [0.717, 1.165) is 84.4 Å². The van der Waals surface area contributed by atoms with E-state index >= 15 is 0 Å². The van der Waals surface area contributed by atoms with Crippen molar-refractivity contribution in [2.24, 2.45) is 20.4 Å². The number of allylic oxidation sites excluding steroid dienone is 13. The highest BCUT2D eigenvalue weighted by Crippen LogP contribution is 2.42. The van der Waals surface area contributed by atoms with Crippen molar-refractivity contribution < 1.29 is 5.11 Å². The second kappa shape index (κ2) is 9.16. The van der Waals surface area contributed by atoms with Crippen LogP contribution >= 0.6 is 15.9 Å². The molecule has 1 fully saturated rings. The lowest BCUT2D eigenvalue weighted by molar-refractivity contribution is 0.412. The second-order valence-corrected chi connectivity index (χ2v) is 12.3. The third-order valence-corrected chi connectivity index (χ3v) is 8.24. The minimum Gasteiger partial charge on any atom is -0.512 e. The maximum Gasteiger partial charge on any atom is 0.0986 e. The van der Waals surface area contributed by atoms with Gasteiger partial charge >= 0.3 is 0 Å². The van der Waals surface area contributed by atoms with Gasteiger partial charge in [0.2, 0.25) is 0 Å². The predicted octanol–water partition coefficient (Wildman–Crippen LogP) is 7.92. The van der Waals surface area contributed by atoms with E-state index in [1.165, 1.54) is 5.56 Å². The average Bonchev–Trinajstić information content (AvgIpc) is 3.59. The molecule has 6 rings (SSSR count). The normalized spacial score (nSPS) is 22.4. The summed E-state index contributed by atoms with van der Waals surface area (Å²) in [5, 5.41) is 14.3. The number of aliphatic imine (C=N–C) groups is 3. The van der Waals surface area contributed by atoms with Gasteiger partial charge in [-0.2, -0.15) is 0 Å². The molecule has 1 aromatic carbocycles. The summed E-state index contributed by atoms with van der Waals surface area (Å²) in [6.45, 7) is 12.6. The summed E-state index contributed by atoms with van der Waals surface area (Å²) in [5.74, 6) is 0.238. The number of aliphatic hydroxyl groups is 1. The van der Waals surface area contributed by atoms with Gasteiger partial charge in [0, 0.05) is 32.4 Å². The Balaban J connectivity index is 1.66. The summed E-state index contributed by atoms with van der Waals surface area (Å²) in [7, 11) is 0. The Hall–Kier alpha value is -3.77. The fraction of sp³-hybridized carbons (Fsp3) is 0.242. The van der Waals surface area contributed by atoms with Crippen LogP contribution in [0.4, 0.5) is 0 Å². The predicted molar refractivity (Wildman–Crippen MR) is 165 cm³/mol. The van der Waals surface area contributed by atoms with E-state index in [4.69, 9.17) is 15.0 Å². The monoisotopic (exact) mass is 578 g/mol. The number of aliphatic hydroxyl groups excluding tert-OH is 1. The molecule has 0 saturated carbocycles. The summed E-state index contributed by atoms with van der Waals surface area (Å²) < 4.78 is 0.894. The average molecular weight is 580 g/mol. The van der Waals surface area contributed by atoms with Crippen molar-refractivity contribution in [3.8, 4) is 0 Å². The van der Waals surface area contributed by atoms with Gasteiger partial charge in [-0.25, -0.2) is 15.0 Å². The summed E-state index contributed by atoms with van der Waals surface area (Å²) in [6.07, 6.45) is 15.1. The Morgan fingerprint density at radius 1 is 0.923 bits per heavy atom. The third-order valence-electron chi connectivity index (χ3n) is 7.60. The van der Waals surface area contributed by atoms with E-state index in [9.17, 15) is 5.11 Å². The van der Waals surface area contributed by atoms with Crippen molar-refractivity contribution in [3.05, 3.63) is 121 Å². The minimum atomic E-state index is -0.0889. The molecule has 0 aromatic heterocycles. The van der Waals surface area contributed by atoms with Crippen molar-refractivity contribution in [1.82, 2.24) is 5.32 Å². The van der Waals surface area contributed by atoms with E-state index in [2.05, 4.69) is 86.2 Å². The van der Waals surface area contributed by atoms with Crippen LogP contribution in [0.25, 0.3) is 5.57 Å². The van der Waals surface area contributed by atoms with E-state index in [0.29, 0.717) is 0 Å². The first kappa shape index (κ1) is 25.5. The zero-order valence-corrected chi connectivity index (χ0v) is 24.7. The zero-order valence-electron chi connectivity index (χ0n) is 23.1. The highest BCUT2D eigenvalue weighted by molar-refractivity contribution is 9.12. The standard InChI is InChI=1S/C33H31BrN4O/c1-17-9-18(2)31(19(3)10-17)32-28-14-24(20(4)39)26(37-28)12-23-16-33(5,6)30(36-23)13-22-8-7-21(35-22)11-27-25(34)15-29(32)38-27/h7-15,36,39H,16H2,1-6H3/b21-11?,23-12?,24-20+,30-13?,32-29?. The number of hydrogen-bond donors (Lipinski definition) is 2. The molecular formula is C33H31BrN4O. The number of fused-ring (bicyclic) bond motifs is 5. The molecule has 5 aliphatic heterocycles. The SMILES string of the molecule is C/C(O)=C1/C=C2N=C1C=C1CC(C)(C)C(=CC3=NC(=CC4=NC(=C2c2c(C)cc(C)cc2C)C=C4Br)C=C3)N1. The summed E-state index contributed by atoms with van der Waals surface area (Å²) in [6, 6.07) is 4.40. The molecule has 196 valence electrons. The van der Waals surface area contributed by atoms with E-state index < -0.39 is 0 Å². The van der Waals surface area contributed by atoms with Crippen LogP contribution in [0.3, 0.4) is 0 Å².